The van der Waals surface area contributed by atoms with Crippen LogP contribution in [0.15, 0.2) is 30.5 Å². The van der Waals surface area contributed by atoms with Gasteiger partial charge in [-0.1, -0.05) is 18.2 Å². The second-order valence-electron chi connectivity index (χ2n) is 7.13. The van der Waals surface area contributed by atoms with Crippen LogP contribution in [0.25, 0.3) is 10.9 Å². The van der Waals surface area contributed by atoms with E-state index < -0.39 is 5.97 Å². The summed E-state index contributed by atoms with van der Waals surface area (Å²) in [5.41, 5.74) is 2.17. The maximum Gasteiger partial charge on any atom is 0.305 e. The first kappa shape index (κ1) is 21.3. The molecule has 1 aliphatic heterocycles. The molecule has 0 unspecified atom stereocenters. The molecule has 4 N–H and O–H groups in total. The molecule has 0 bridgehead atoms. The highest BCUT2D eigenvalue weighted by atomic mass is 35.5. The molecule has 0 spiro atoms. The van der Waals surface area contributed by atoms with Crippen molar-refractivity contribution in [2.45, 2.75) is 38.6 Å². The number of piperidine rings is 1. The number of carbonyl (C=O) groups is 2. The first-order chi connectivity index (χ1) is 12.6. The predicted molar refractivity (Wildman–Crippen MR) is 99.9 cm³/mol. The Balaban J connectivity index is 0.00000261. The first-order valence-corrected chi connectivity index (χ1v) is 9.50. The van der Waals surface area contributed by atoms with Crippen LogP contribution in [0, 0.1) is 5.92 Å². The quantitative estimate of drug-likeness (QED) is 0.491. The number of aromatic nitrogens is 1. The van der Waals surface area contributed by atoms with E-state index in [2.05, 4.69) is 33.5 Å². The number of para-hydroxylation sites is 1. The third-order valence-electron chi connectivity index (χ3n) is 5.22. The van der Waals surface area contributed by atoms with Crippen LogP contribution in [-0.4, -0.2) is 41.2 Å². The van der Waals surface area contributed by atoms with Crippen molar-refractivity contribution in [3.63, 3.8) is 0 Å². The summed E-state index contributed by atoms with van der Waals surface area (Å²) in [6.45, 7) is 3.62. The minimum Gasteiger partial charge on any atom is -1.00 e. The number of benzene rings is 1. The molecule has 6 nitrogen and oxygen atoms in total. The van der Waals surface area contributed by atoms with E-state index in [1.54, 1.807) is 0 Å². The number of carboxylic acids is 1. The van der Waals surface area contributed by atoms with Crippen molar-refractivity contribution in [3.8, 4) is 0 Å². The van der Waals surface area contributed by atoms with E-state index in [9.17, 15) is 9.59 Å². The topological polar surface area (TPSA) is 87.9 Å². The number of carboxylic acid groups (broad SMARTS) is 1. The van der Waals surface area contributed by atoms with Crippen LogP contribution in [0.4, 0.5) is 0 Å². The normalized spacial score (nSPS) is 14.7. The van der Waals surface area contributed by atoms with Crippen molar-refractivity contribution in [2.75, 3.05) is 19.6 Å². The van der Waals surface area contributed by atoms with Crippen molar-refractivity contribution in [1.82, 2.24) is 9.88 Å². The van der Waals surface area contributed by atoms with Gasteiger partial charge in [0.2, 0.25) is 5.91 Å². The molecule has 148 valence electrons. The van der Waals surface area contributed by atoms with Gasteiger partial charge in [-0.05, 0) is 36.8 Å². The van der Waals surface area contributed by atoms with Gasteiger partial charge in [0.25, 0.3) is 0 Å². The lowest BCUT2D eigenvalue weighted by Gasteiger charge is -2.20. The molecule has 1 fully saturated rings. The summed E-state index contributed by atoms with van der Waals surface area (Å²) in [7, 11) is 0. The largest absolute Gasteiger partial charge is 1.00 e. The monoisotopic (exact) mass is 393 g/mol. The zero-order valence-corrected chi connectivity index (χ0v) is 16.3. The molecule has 0 radical (unpaired) electrons. The Bertz CT molecular complexity index is 769. The van der Waals surface area contributed by atoms with E-state index in [0.29, 0.717) is 0 Å². The van der Waals surface area contributed by atoms with Crippen LogP contribution in [0.1, 0.15) is 31.2 Å². The van der Waals surface area contributed by atoms with E-state index in [0.717, 1.165) is 23.4 Å². The molecule has 1 aliphatic rings. The maximum absolute atomic E-state index is 12.1. The summed E-state index contributed by atoms with van der Waals surface area (Å²) in [6.07, 6.45) is 6.08. The summed E-state index contributed by atoms with van der Waals surface area (Å²) >= 11 is 0. The third kappa shape index (κ3) is 5.97. The van der Waals surface area contributed by atoms with Gasteiger partial charge in [-0.3, -0.25) is 9.59 Å². The molecule has 2 aromatic rings. The highest BCUT2D eigenvalue weighted by Crippen LogP contribution is 2.24. The van der Waals surface area contributed by atoms with Crippen LogP contribution < -0.4 is 23.0 Å². The van der Waals surface area contributed by atoms with Crippen LogP contribution in [-0.2, 0) is 22.6 Å². The van der Waals surface area contributed by atoms with Crippen LogP contribution in [0.2, 0.25) is 0 Å². The van der Waals surface area contributed by atoms with Gasteiger partial charge in [0.1, 0.15) is 0 Å². The van der Waals surface area contributed by atoms with Gasteiger partial charge in [-0.2, -0.15) is 0 Å². The van der Waals surface area contributed by atoms with Crippen LogP contribution >= 0.6 is 0 Å². The van der Waals surface area contributed by atoms with E-state index >= 15 is 0 Å². The molecule has 1 aromatic carbocycles. The highest BCUT2D eigenvalue weighted by molar-refractivity contribution is 5.89. The summed E-state index contributed by atoms with van der Waals surface area (Å²) in [5.74, 6) is -0.233. The Morgan fingerprint density at radius 3 is 2.70 bits per heavy atom. The standard InChI is InChI=1S/C20H27N3O3.ClH/c24-19(22-11-7-20(25)26)13-16-14-23(18-4-2-1-3-17(16)18)12-8-15-5-9-21-10-6-15;/h1-4,14-15,21H,5-13H2,(H,22,24)(H,25,26);1H. The minimum atomic E-state index is -0.901. The SMILES string of the molecule is O=C(O)CCNC(=O)Cc1cn(CCC2CC[NH2+]CC2)c2ccccc12.[Cl-]. The number of nitrogens with zero attached hydrogens (tertiary/aromatic N) is 1. The zero-order chi connectivity index (χ0) is 18.4. The van der Waals surface area contributed by atoms with Gasteiger partial charge >= 0.3 is 5.97 Å². The molecule has 1 amide bonds. The van der Waals surface area contributed by atoms with E-state index in [1.807, 2.05) is 12.1 Å². The minimum absolute atomic E-state index is 0. The first-order valence-electron chi connectivity index (χ1n) is 9.50. The molecule has 2 heterocycles. The average molecular weight is 394 g/mol. The fourth-order valence-electron chi connectivity index (χ4n) is 3.80. The summed E-state index contributed by atoms with van der Waals surface area (Å²) in [4.78, 5) is 22.7. The fraction of sp³-hybridized carbons (Fsp3) is 0.500. The number of halogens is 1. The number of carbonyl (C=O) groups excluding carboxylic acids is 1. The number of nitrogens with one attached hydrogen (secondary N) is 1. The van der Waals surface area contributed by atoms with E-state index in [-0.39, 0.29) is 37.7 Å². The van der Waals surface area contributed by atoms with Crippen molar-refractivity contribution in [3.05, 3.63) is 36.0 Å². The zero-order valence-electron chi connectivity index (χ0n) is 15.5. The number of hydrogen-bond acceptors (Lipinski definition) is 2. The number of quaternary nitrogens is 1. The van der Waals surface area contributed by atoms with E-state index in [1.165, 1.54) is 37.9 Å². The van der Waals surface area contributed by atoms with Gasteiger partial charge < -0.3 is 32.7 Å². The number of fused-ring (bicyclic) bond motifs is 1. The van der Waals surface area contributed by atoms with Gasteiger partial charge in [0.05, 0.1) is 25.9 Å². The summed E-state index contributed by atoms with van der Waals surface area (Å²) in [6, 6.07) is 8.19. The lowest BCUT2D eigenvalue weighted by atomic mass is 9.95. The summed E-state index contributed by atoms with van der Waals surface area (Å²) in [5, 5.41) is 14.9. The van der Waals surface area contributed by atoms with Crippen LogP contribution in [0.3, 0.4) is 0 Å². The van der Waals surface area contributed by atoms with Gasteiger partial charge in [0.15, 0.2) is 0 Å². The van der Waals surface area contributed by atoms with Crippen LogP contribution in [0.5, 0.6) is 0 Å². The number of aliphatic carboxylic acids is 1. The number of rotatable bonds is 8. The second kappa shape index (κ2) is 10.3. The molecular formula is C20H28ClN3O3. The van der Waals surface area contributed by atoms with Gasteiger partial charge in [-0.25, -0.2) is 0 Å². The van der Waals surface area contributed by atoms with E-state index in [4.69, 9.17) is 5.11 Å². The van der Waals surface area contributed by atoms with Crippen molar-refractivity contribution >= 4 is 22.8 Å². The van der Waals surface area contributed by atoms with Gasteiger partial charge in [-0.15, -0.1) is 0 Å². The molecule has 0 atom stereocenters. The summed E-state index contributed by atoms with van der Waals surface area (Å²) < 4.78 is 2.27. The molecule has 0 saturated carbocycles. The Morgan fingerprint density at radius 1 is 1.22 bits per heavy atom. The predicted octanol–water partition coefficient (Wildman–Crippen LogP) is -1.86. The van der Waals surface area contributed by atoms with Gasteiger partial charge in [0, 0.05) is 30.2 Å². The Morgan fingerprint density at radius 2 is 1.96 bits per heavy atom. The molecule has 1 aromatic heterocycles. The molecule has 7 heteroatoms. The number of amides is 1. The number of nitrogens with two attached hydrogens (primary N) is 1. The molecule has 0 aliphatic carbocycles. The maximum atomic E-state index is 12.1. The Hall–Kier alpha value is -2.05. The highest BCUT2D eigenvalue weighted by Gasteiger charge is 2.17. The lowest BCUT2D eigenvalue weighted by molar-refractivity contribution is -0.664. The molecule has 3 rings (SSSR count). The fourth-order valence-corrected chi connectivity index (χ4v) is 3.80. The molecular weight excluding hydrogens is 366 g/mol. The number of aryl methyl sites for hydroxylation is 1. The second-order valence-corrected chi connectivity index (χ2v) is 7.13. The Kier molecular flexibility index (Phi) is 8.13. The lowest BCUT2D eigenvalue weighted by Crippen LogP contribution is -3.00. The van der Waals surface area contributed by atoms with Crippen molar-refractivity contribution in [2.24, 2.45) is 5.92 Å². The molecule has 1 saturated heterocycles. The smallest absolute Gasteiger partial charge is 0.305 e. The third-order valence-corrected chi connectivity index (χ3v) is 5.22. The van der Waals surface area contributed by atoms with Crippen molar-refractivity contribution in [1.29, 1.82) is 0 Å². The average Bonchev–Trinajstić information content (AvgIpc) is 2.98. The number of hydrogen-bond donors (Lipinski definition) is 3. The van der Waals surface area contributed by atoms with Crippen molar-refractivity contribution < 1.29 is 32.4 Å². The molecule has 27 heavy (non-hydrogen) atoms. The Labute approximate surface area is 165 Å².